The molecule has 1 N–H and O–H groups in total. The zero-order chi connectivity index (χ0) is 18.0. The minimum Gasteiger partial charge on any atom is -0.373 e. The summed E-state index contributed by atoms with van der Waals surface area (Å²) >= 11 is 5.72. The molecule has 134 valence electrons. The van der Waals surface area contributed by atoms with Crippen molar-refractivity contribution in [2.45, 2.75) is 31.5 Å². The first kappa shape index (κ1) is 16.2. The lowest BCUT2D eigenvalue weighted by Crippen LogP contribution is -2.37. The molecule has 2 saturated heterocycles. The molecule has 6 atom stereocenters. The quantitative estimate of drug-likeness (QED) is 0.887. The Hall–Kier alpha value is -1.98. The Bertz CT molecular complexity index is 905. The van der Waals surface area contributed by atoms with Gasteiger partial charge in [0.1, 0.15) is 5.82 Å². The molecule has 1 aromatic heterocycles. The Morgan fingerprint density at radius 2 is 2.08 bits per heavy atom. The number of carbonyl (C=O) groups is 1. The van der Waals surface area contributed by atoms with Crippen molar-refractivity contribution in [1.82, 2.24) is 4.98 Å². The normalized spacial score (nSPS) is 33.8. The van der Waals surface area contributed by atoms with E-state index < -0.39 is 5.82 Å². The van der Waals surface area contributed by atoms with Crippen LogP contribution in [0.3, 0.4) is 0 Å². The fraction of sp³-hybridized carbons (Fsp3) is 0.400. The van der Waals surface area contributed by atoms with Gasteiger partial charge in [-0.2, -0.15) is 0 Å². The van der Waals surface area contributed by atoms with Crippen LogP contribution in [0.4, 0.5) is 10.1 Å². The van der Waals surface area contributed by atoms with Crippen molar-refractivity contribution in [3.05, 3.63) is 58.6 Å². The number of carbonyl (C=O) groups excluding carboxylic acids is 1. The summed E-state index contributed by atoms with van der Waals surface area (Å²) in [6, 6.07) is 8.32. The van der Waals surface area contributed by atoms with Crippen LogP contribution in [-0.2, 0) is 9.53 Å². The molecule has 2 aliphatic heterocycles. The maximum Gasteiger partial charge on any atom is 0.230 e. The largest absolute Gasteiger partial charge is 0.373 e. The summed E-state index contributed by atoms with van der Waals surface area (Å²) in [5.41, 5.74) is 2.44. The number of rotatable bonds is 3. The Balaban J connectivity index is 1.45. The van der Waals surface area contributed by atoms with Gasteiger partial charge >= 0.3 is 0 Å². The van der Waals surface area contributed by atoms with Crippen LogP contribution in [0, 0.1) is 30.5 Å². The molecule has 0 unspecified atom stereocenters. The number of ether oxygens (including phenoxy) is 1. The third-order valence-electron chi connectivity index (χ3n) is 5.94. The molecule has 1 aromatic carbocycles. The van der Waals surface area contributed by atoms with Crippen LogP contribution >= 0.6 is 11.6 Å². The molecule has 0 spiro atoms. The van der Waals surface area contributed by atoms with E-state index in [-0.39, 0.29) is 35.0 Å². The number of nitrogens with zero attached hydrogens (tertiary/aromatic N) is 1. The average Bonchev–Trinajstić information content (AvgIpc) is 3.22. The van der Waals surface area contributed by atoms with Crippen molar-refractivity contribution in [3.63, 3.8) is 0 Å². The summed E-state index contributed by atoms with van der Waals surface area (Å²) in [6.07, 6.45) is 2.95. The molecule has 6 heteroatoms. The fourth-order valence-corrected chi connectivity index (χ4v) is 4.89. The first-order chi connectivity index (χ1) is 12.5. The fourth-order valence-electron chi connectivity index (χ4n) is 4.77. The Morgan fingerprint density at radius 1 is 1.27 bits per heavy atom. The molecule has 1 saturated carbocycles. The third-order valence-corrected chi connectivity index (χ3v) is 6.25. The van der Waals surface area contributed by atoms with Crippen LogP contribution in [0.5, 0.6) is 0 Å². The molecule has 2 aromatic rings. The summed E-state index contributed by atoms with van der Waals surface area (Å²) in [6.45, 7) is 1.95. The number of pyridine rings is 1. The topological polar surface area (TPSA) is 51.2 Å². The number of aryl methyl sites for hydroxylation is 1. The van der Waals surface area contributed by atoms with E-state index in [1.165, 1.54) is 12.1 Å². The van der Waals surface area contributed by atoms with E-state index in [1.807, 2.05) is 19.1 Å². The zero-order valence-corrected chi connectivity index (χ0v) is 14.9. The zero-order valence-electron chi connectivity index (χ0n) is 14.2. The van der Waals surface area contributed by atoms with Crippen LogP contribution in [-0.4, -0.2) is 23.1 Å². The number of hydrogen-bond donors (Lipinski definition) is 1. The van der Waals surface area contributed by atoms with Crippen LogP contribution in [0.1, 0.15) is 23.6 Å². The van der Waals surface area contributed by atoms with Gasteiger partial charge in [0.2, 0.25) is 5.91 Å². The molecular weight excluding hydrogens is 355 g/mol. The SMILES string of the molecule is Cc1cc([C@H]2[C@H]3O[C@H]([C@@H]4C[C@@H]43)[C@@H]2C(=O)Nc2ccc(Cl)c(F)c2)ccn1. The molecule has 2 bridgehead atoms. The Morgan fingerprint density at radius 3 is 2.85 bits per heavy atom. The van der Waals surface area contributed by atoms with Crippen molar-refractivity contribution in [3.8, 4) is 0 Å². The summed E-state index contributed by atoms with van der Waals surface area (Å²) < 4.78 is 19.9. The summed E-state index contributed by atoms with van der Waals surface area (Å²) in [4.78, 5) is 17.3. The van der Waals surface area contributed by atoms with Gasteiger partial charge in [0, 0.05) is 23.5 Å². The van der Waals surface area contributed by atoms with E-state index in [1.54, 1.807) is 12.3 Å². The first-order valence-corrected chi connectivity index (χ1v) is 9.24. The molecule has 3 heterocycles. The Kier molecular flexibility index (Phi) is 3.59. The van der Waals surface area contributed by atoms with E-state index in [0.717, 1.165) is 17.7 Å². The number of nitrogens with one attached hydrogen (secondary N) is 1. The van der Waals surface area contributed by atoms with Crippen LogP contribution in [0.2, 0.25) is 5.02 Å². The maximum atomic E-state index is 13.7. The predicted molar refractivity (Wildman–Crippen MR) is 95.5 cm³/mol. The lowest BCUT2D eigenvalue weighted by atomic mass is 9.75. The lowest BCUT2D eigenvalue weighted by Gasteiger charge is -2.27. The van der Waals surface area contributed by atoms with Gasteiger partial charge < -0.3 is 10.1 Å². The second kappa shape index (κ2) is 5.76. The highest BCUT2D eigenvalue weighted by atomic mass is 35.5. The van der Waals surface area contributed by atoms with E-state index in [0.29, 0.717) is 17.5 Å². The second-order valence-electron chi connectivity index (χ2n) is 7.53. The second-order valence-corrected chi connectivity index (χ2v) is 7.94. The number of hydrogen-bond acceptors (Lipinski definition) is 3. The van der Waals surface area contributed by atoms with Crippen molar-refractivity contribution in [2.75, 3.05) is 5.32 Å². The van der Waals surface area contributed by atoms with Crippen molar-refractivity contribution >= 4 is 23.2 Å². The predicted octanol–water partition coefficient (Wildman–Crippen LogP) is 3.94. The van der Waals surface area contributed by atoms with E-state index in [2.05, 4.69) is 10.3 Å². The minimum atomic E-state index is -0.544. The molecule has 0 radical (unpaired) electrons. The molecule has 3 fully saturated rings. The number of benzene rings is 1. The van der Waals surface area contributed by atoms with Gasteiger partial charge in [0.25, 0.3) is 0 Å². The highest BCUT2D eigenvalue weighted by Crippen LogP contribution is 2.65. The summed E-state index contributed by atoms with van der Waals surface area (Å²) in [7, 11) is 0. The van der Waals surface area contributed by atoms with Crippen LogP contribution < -0.4 is 5.32 Å². The number of anilines is 1. The maximum absolute atomic E-state index is 13.7. The highest BCUT2D eigenvalue weighted by Gasteiger charge is 2.68. The monoisotopic (exact) mass is 372 g/mol. The molecule has 4 nitrogen and oxygen atoms in total. The van der Waals surface area contributed by atoms with Crippen molar-refractivity contribution in [1.29, 1.82) is 0 Å². The minimum absolute atomic E-state index is 0.0163. The molecular formula is C20H18ClFN2O2. The van der Waals surface area contributed by atoms with E-state index in [4.69, 9.17) is 16.3 Å². The van der Waals surface area contributed by atoms with Gasteiger partial charge in [-0.25, -0.2) is 4.39 Å². The highest BCUT2D eigenvalue weighted by molar-refractivity contribution is 6.30. The smallest absolute Gasteiger partial charge is 0.230 e. The van der Waals surface area contributed by atoms with Gasteiger partial charge in [-0.1, -0.05) is 11.6 Å². The summed E-state index contributed by atoms with van der Waals surface area (Å²) in [5, 5.41) is 2.90. The van der Waals surface area contributed by atoms with E-state index >= 15 is 0 Å². The lowest BCUT2D eigenvalue weighted by molar-refractivity contribution is -0.122. The number of halogens is 2. The summed E-state index contributed by atoms with van der Waals surface area (Å²) in [5.74, 6) is 0.125. The molecule has 5 rings (SSSR count). The van der Waals surface area contributed by atoms with Crippen LogP contribution in [0.15, 0.2) is 36.5 Å². The van der Waals surface area contributed by atoms with Crippen molar-refractivity contribution < 1.29 is 13.9 Å². The van der Waals surface area contributed by atoms with Gasteiger partial charge in [-0.15, -0.1) is 0 Å². The number of fused-ring (bicyclic) bond motifs is 5. The molecule has 3 aliphatic rings. The molecule has 26 heavy (non-hydrogen) atoms. The first-order valence-electron chi connectivity index (χ1n) is 8.87. The van der Waals surface area contributed by atoms with Crippen molar-refractivity contribution in [2.24, 2.45) is 17.8 Å². The molecule has 1 aliphatic carbocycles. The van der Waals surface area contributed by atoms with Gasteiger partial charge in [-0.3, -0.25) is 9.78 Å². The standard InChI is InChI=1S/C20H18ClFN2O2/c1-9-6-10(4-5-23-9)16-17(19-13-8-12(13)18(16)26-19)20(25)24-11-2-3-14(21)15(22)7-11/h2-7,12-13,16-19H,8H2,1H3,(H,24,25)/t12-,13+,16+,17+,18-,19+/m0/s1. The number of amides is 1. The van der Waals surface area contributed by atoms with E-state index in [9.17, 15) is 9.18 Å². The van der Waals surface area contributed by atoms with Crippen LogP contribution in [0.25, 0.3) is 0 Å². The van der Waals surface area contributed by atoms with Gasteiger partial charge in [0.05, 0.1) is 23.1 Å². The third kappa shape index (κ3) is 2.45. The van der Waals surface area contributed by atoms with Gasteiger partial charge in [0.15, 0.2) is 0 Å². The average molecular weight is 373 g/mol. The van der Waals surface area contributed by atoms with Gasteiger partial charge in [-0.05, 0) is 61.1 Å². The number of aromatic nitrogens is 1. The Labute approximate surface area is 155 Å². The molecule has 1 amide bonds.